The number of carbonyl (C=O) groups is 1. The molecule has 0 spiro atoms. The maximum Gasteiger partial charge on any atom is 0.238 e. The standard InChI is InChI=1S/C18H22N2O3S/c1-11-5-6-15(7-12(11)2)9-18(21)20-17-10-16(24(19,22)23)8-13(3)14(17)4/h5-8,10H,9H2,1-4H3,(H,20,21)(H2,19,22,23). The Bertz CT molecular complexity index is 903. The van der Waals surface area contributed by atoms with E-state index in [4.69, 9.17) is 5.14 Å². The molecule has 0 atom stereocenters. The highest BCUT2D eigenvalue weighted by Gasteiger charge is 2.14. The molecule has 6 heteroatoms. The first-order valence-corrected chi connectivity index (χ1v) is 9.12. The molecule has 0 bridgehead atoms. The Balaban J connectivity index is 2.25. The first kappa shape index (κ1) is 18.2. The third-order valence-electron chi connectivity index (χ3n) is 4.18. The van der Waals surface area contributed by atoms with Crippen molar-refractivity contribution < 1.29 is 13.2 Å². The molecule has 2 aromatic rings. The van der Waals surface area contributed by atoms with Crippen molar-refractivity contribution in [2.75, 3.05) is 5.32 Å². The lowest BCUT2D eigenvalue weighted by Gasteiger charge is -2.13. The van der Waals surface area contributed by atoms with E-state index in [9.17, 15) is 13.2 Å². The molecule has 0 aliphatic carbocycles. The number of hydrogen-bond acceptors (Lipinski definition) is 3. The molecule has 0 radical (unpaired) electrons. The number of carbonyl (C=O) groups excluding carboxylic acids is 1. The molecule has 1 amide bonds. The maximum absolute atomic E-state index is 12.3. The van der Waals surface area contributed by atoms with Gasteiger partial charge in [0.2, 0.25) is 15.9 Å². The number of sulfonamides is 1. The fourth-order valence-electron chi connectivity index (χ4n) is 2.41. The van der Waals surface area contributed by atoms with Gasteiger partial charge in [-0.3, -0.25) is 4.79 Å². The average molecular weight is 346 g/mol. The van der Waals surface area contributed by atoms with Gasteiger partial charge >= 0.3 is 0 Å². The smallest absolute Gasteiger partial charge is 0.238 e. The van der Waals surface area contributed by atoms with E-state index in [1.165, 1.54) is 17.7 Å². The van der Waals surface area contributed by atoms with Crippen molar-refractivity contribution in [2.24, 2.45) is 5.14 Å². The van der Waals surface area contributed by atoms with Crippen LogP contribution in [0.4, 0.5) is 5.69 Å². The molecule has 0 aromatic heterocycles. The summed E-state index contributed by atoms with van der Waals surface area (Å²) in [6.07, 6.45) is 0.221. The molecule has 0 heterocycles. The van der Waals surface area contributed by atoms with E-state index < -0.39 is 10.0 Å². The second kappa shape index (κ2) is 6.75. The molecule has 5 nitrogen and oxygen atoms in total. The van der Waals surface area contributed by atoms with Gasteiger partial charge in [0, 0.05) is 5.69 Å². The van der Waals surface area contributed by atoms with Crippen LogP contribution in [0.15, 0.2) is 35.2 Å². The molecule has 128 valence electrons. The van der Waals surface area contributed by atoms with Crippen LogP contribution >= 0.6 is 0 Å². The molecular formula is C18H22N2O3S. The number of anilines is 1. The van der Waals surface area contributed by atoms with Crippen molar-refractivity contribution in [3.05, 3.63) is 58.1 Å². The average Bonchev–Trinajstić information content (AvgIpc) is 2.46. The van der Waals surface area contributed by atoms with E-state index in [0.717, 1.165) is 22.3 Å². The lowest BCUT2D eigenvalue weighted by molar-refractivity contribution is -0.115. The SMILES string of the molecule is Cc1ccc(CC(=O)Nc2cc(S(N)(=O)=O)cc(C)c2C)cc1C. The Morgan fingerprint density at radius 2 is 1.67 bits per heavy atom. The normalized spacial score (nSPS) is 11.4. The number of hydrogen-bond donors (Lipinski definition) is 2. The first-order chi connectivity index (χ1) is 11.1. The number of amides is 1. The van der Waals surface area contributed by atoms with Crippen LogP contribution in [0.1, 0.15) is 27.8 Å². The number of primary sulfonamides is 1. The second-order valence-electron chi connectivity index (χ2n) is 6.10. The van der Waals surface area contributed by atoms with Crippen LogP contribution < -0.4 is 10.5 Å². The van der Waals surface area contributed by atoms with Crippen molar-refractivity contribution in [1.82, 2.24) is 0 Å². The van der Waals surface area contributed by atoms with Crippen molar-refractivity contribution in [2.45, 2.75) is 39.0 Å². The van der Waals surface area contributed by atoms with E-state index >= 15 is 0 Å². The van der Waals surface area contributed by atoms with Crippen molar-refractivity contribution in [3.8, 4) is 0 Å². The minimum Gasteiger partial charge on any atom is -0.326 e. The number of aryl methyl sites for hydroxylation is 3. The lowest BCUT2D eigenvalue weighted by Crippen LogP contribution is -2.17. The summed E-state index contributed by atoms with van der Waals surface area (Å²) < 4.78 is 23.1. The number of rotatable bonds is 4. The van der Waals surface area contributed by atoms with Gasteiger partial charge in [0.05, 0.1) is 11.3 Å². The van der Waals surface area contributed by atoms with Gasteiger partial charge < -0.3 is 5.32 Å². The van der Waals surface area contributed by atoms with Crippen molar-refractivity contribution >= 4 is 21.6 Å². The quantitative estimate of drug-likeness (QED) is 0.892. The zero-order chi connectivity index (χ0) is 18.1. The molecule has 0 aliphatic heterocycles. The number of nitrogens with two attached hydrogens (primary N) is 1. The van der Waals surface area contributed by atoms with Crippen LogP contribution in [-0.2, 0) is 21.2 Å². The highest BCUT2D eigenvalue weighted by molar-refractivity contribution is 7.89. The minimum atomic E-state index is -3.82. The minimum absolute atomic E-state index is 0.00733. The summed E-state index contributed by atoms with van der Waals surface area (Å²) in [6.45, 7) is 7.63. The van der Waals surface area contributed by atoms with Crippen LogP contribution in [0.25, 0.3) is 0 Å². The highest BCUT2D eigenvalue weighted by atomic mass is 32.2. The summed E-state index contributed by atoms with van der Waals surface area (Å²) in [5, 5.41) is 7.98. The monoisotopic (exact) mass is 346 g/mol. The summed E-state index contributed by atoms with van der Waals surface area (Å²) in [5.74, 6) is -0.202. The third-order valence-corrected chi connectivity index (χ3v) is 5.07. The third kappa shape index (κ3) is 4.21. The predicted molar refractivity (Wildman–Crippen MR) is 95.5 cm³/mol. The number of benzene rings is 2. The summed E-state index contributed by atoms with van der Waals surface area (Å²) in [4.78, 5) is 12.3. The first-order valence-electron chi connectivity index (χ1n) is 7.58. The summed E-state index contributed by atoms with van der Waals surface area (Å²) in [6, 6.07) is 8.78. The van der Waals surface area contributed by atoms with E-state index in [1.54, 1.807) is 6.92 Å². The Morgan fingerprint density at radius 1 is 1.00 bits per heavy atom. The molecule has 2 rings (SSSR count). The zero-order valence-corrected chi connectivity index (χ0v) is 15.1. The van der Waals surface area contributed by atoms with Gasteiger partial charge in [-0.1, -0.05) is 18.2 Å². The topological polar surface area (TPSA) is 89.3 Å². The molecular weight excluding hydrogens is 324 g/mol. The fraction of sp³-hybridized carbons (Fsp3) is 0.278. The van der Waals surface area contributed by atoms with Gasteiger partial charge in [0.15, 0.2) is 0 Å². The lowest BCUT2D eigenvalue weighted by atomic mass is 10.0. The highest BCUT2D eigenvalue weighted by Crippen LogP contribution is 2.24. The van der Waals surface area contributed by atoms with Gasteiger partial charge in [0.25, 0.3) is 0 Å². The van der Waals surface area contributed by atoms with Gasteiger partial charge in [0.1, 0.15) is 0 Å². The van der Waals surface area contributed by atoms with Crippen LogP contribution in [0, 0.1) is 27.7 Å². The Kier molecular flexibility index (Phi) is 5.11. The molecule has 24 heavy (non-hydrogen) atoms. The fourth-order valence-corrected chi connectivity index (χ4v) is 3.04. The van der Waals surface area contributed by atoms with Gasteiger partial charge in [-0.15, -0.1) is 0 Å². The second-order valence-corrected chi connectivity index (χ2v) is 7.66. The van der Waals surface area contributed by atoms with Crippen LogP contribution in [0.5, 0.6) is 0 Å². The van der Waals surface area contributed by atoms with E-state index in [2.05, 4.69) is 5.32 Å². The molecule has 0 saturated carbocycles. The molecule has 0 saturated heterocycles. The van der Waals surface area contributed by atoms with E-state index in [0.29, 0.717) is 5.69 Å². The van der Waals surface area contributed by atoms with Crippen LogP contribution in [0.3, 0.4) is 0 Å². The maximum atomic E-state index is 12.3. The molecule has 0 fully saturated rings. The van der Waals surface area contributed by atoms with Gasteiger partial charge in [-0.2, -0.15) is 0 Å². The Morgan fingerprint density at radius 3 is 2.25 bits per heavy atom. The molecule has 3 N–H and O–H groups in total. The zero-order valence-electron chi connectivity index (χ0n) is 14.3. The van der Waals surface area contributed by atoms with Crippen molar-refractivity contribution in [1.29, 1.82) is 0 Å². The van der Waals surface area contributed by atoms with Crippen LogP contribution in [0.2, 0.25) is 0 Å². The largest absolute Gasteiger partial charge is 0.326 e. The Hall–Kier alpha value is -2.18. The molecule has 2 aromatic carbocycles. The van der Waals surface area contributed by atoms with Gasteiger partial charge in [-0.25, -0.2) is 13.6 Å². The van der Waals surface area contributed by atoms with Crippen LogP contribution in [-0.4, -0.2) is 14.3 Å². The van der Waals surface area contributed by atoms with E-state index in [-0.39, 0.29) is 17.2 Å². The van der Waals surface area contributed by atoms with Gasteiger partial charge in [-0.05, 0) is 67.6 Å². The molecule has 0 unspecified atom stereocenters. The van der Waals surface area contributed by atoms with E-state index in [1.807, 2.05) is 39.0 Å². The summed E-state index contributed by atoms with van der Waals surface area (Å²) in [5.41, 5.74) is 5.24. The molecule has 0 aliphatic rings. The summed E-state index contributed by atoms with van der Waals surface area (Å²) >= 11 is 0. The Labute approximate surface area is 142 Å². The predicted octanol–water partition coefficient (Wildman–Crippen LogP) is 2.75. The number of nitrogens with one attached hydrogen (secondary N) is 1. The van der Waals surface area contributed by atoms with Crippen molar-refractivity contribution in [3.63, 3.8) is 0 Å². The summed E-state index contributed by atoms with van der Waals surface area (Å²) in [7, 11) is -3.82.